The van der Waals surface area contributed by atoms with Gasteiger partial charge in [-0.1, -0.05) is 18.6 Å². The minimum Gasteiger partial charge on any atom is -0.481 e. The van der Waals surface area contributed by atoms with Crippen molar-refractivity contribution >= 4 is 17.6 Å². The molecular weight excluding hydrogens is 212 g/mol. The largest absolute Gasteiger partial charge is 0.481 e. The van der Waals surface area contributed by atoms with Crippen molar-refractivity contribution in [1.29, 1.82) is 0 Å². The van der Waals surface area contributed by atoms with E-state index in [-0.39, 0.29) is 11.8 Å². The molecule has 0 bridgehead atoms. The first kappa shape index (κ1) is 12.6. The molecule has 1 rings (SSSR count). The lowest BCUT2D eigenvalue weighted by molar-refractivity contribution is -0.137. The minimum atomic E-state index is -0.753. The van der Waals surface area contributed by atoms with E-state index < -0.39 is 5.97 Å². The predicted molar refractivity (Wildman–Crippen MR) is 62.2 cm³/mol. The summed E-state index contributed by atoms with van der Waals surface area (Å²) < 4.78 is 0. The Labute approximate surface area is 96.3 Å². The van der Waals surface area contributed by atoms with Gasteiger partial charge in [-0.2, -0.15) is 0 Å². The number of rotatable bonds is 4. The number of carboxylic acids is 1. The fourth-order valence-electron chi connectivity index (χ4n) is 2.37. The second kappa shape index (κ2) is 5.55. The number of hydrogen-bond donors (Lipinski definition) is 1. The number of allylic oxidation sites excluding steroid dienone is 2. The molecule has 0 amide bonds. The van der Waals surface area contributed by atoms with Gasteiger partial charge in [0.05, 0.1) is 0 Å². The molecule has 86 valence electrons. The van der Waals surface area contributed by atoms with E-state index in [4.69, 9.17) is 16.7 Å². The molecule has 0 saturated heterocycles. The molecule has 1 aliphatic rings. The predicted octanol–water partition coefficient (Wildman–Crippen LogP) is 3.45. The second-order valence-corrected chi connectivity index (χ2v) is 5.20. The Bertz CT molecular complexity index is 260. The Morgan fingerprint density at radius 3 is 2.93 bits per heavy atom. The van der Waals surface area contributed by atoms with Crippen LogP contribution in [0.25, 0.3) is 0 Å². The van der Waals surface area contributed by atoms with Gasteiger partial charge in [0.25, 0.3) is 0 Å². The molecule has 1 N–H and O–H groups in total. The average molecular weight is 231 g/mol. The Kier molecular flexibility index (Phi) is 4.65. The van der Waals surface area contributed by atoms with Gasteiger partial charge < -0.3 is 5.11 Å². The van der Waals surface area contributed by atoms with Crippen LogP contribution in [0.4, 0.5) is 0 Å². The maximum atomic E-state index is 10.4. The summed E-state index contributed by atoms with van der Waals surface area (Å²) in [5.74, 6) is 0.276. The van der Waals surface area contributed by atoms with Crippen molar-refractivity contribution in [2.45, 2.75) is 44.9 Å². The third-order valence-electron chi connectivity index (χ3n) is 2.97. The van der Waals surface area contributed by atoms with Crippen LogP contribution in [-0.2, 0) is 4.79 Å². The van der Waals surface area contributed by atoms with Gasteiger partial charge in [0.2, 0.25) is 0 Å². The Balaban J connectivity index is 2.43. The summed E-state index contributed by atoms with van der Waals surface area (Å²) in [6.07, 6.45) is 5.17. The maximum Gasteiger partial charge on any atom is 0.303 e. The molecule has 0 aromatic heterocycles. The zero-order valence-corrected chi connectivity index (χ0v) is 10.1. The van der Waals surface area contributed by atoms with Crippen LogP contribution in [0, 0.1) is 11.8 Å². The molecule has 0 spiro atoms. The normalized spacial score (nSPS) is 28.3. The average Bonchev–Trinajstić information content (AvgIpc) is 2.12. The molecule has 3 heteroatoms. The van der Waals surface area contributed by atoms with Gasteiger partial charge in [-0.15, -0.1) is 11.6 Å². The standard InChI is InChI=1S/C12H19ClO2/c1-8-5-9(2)7-10(6-8)11(13)3-4-12(14)15/h5,8,10-11H,3-4,6-7H2,1-2H3,(H,14,15). The lowest BCUT2D eigenvalue weighted by Crippen LogP contribution is -2.22. The highest BCUT2D eigenvalue weighted by atomic mass is 35.5. The van der Waals surface area contributed by atoms with Crippen molar-refractivity contribution in [3.05, 3.63) is 11.6 Å². The quantitative estimate of drug-likeness (QED) is 0.593. The van der Waals surface area contributed by atoms with Gasteiger partial charge >= 0.3 is 5.97 Å². The van der Waals surface area contributed by atoms with Crippen molar-refractivity contribution < 1.29 is 9.90 Å². The van der Waals surface area contributed by atoms with Crippen LogP contribution in [-0.4, -0.2) is 16.5 Å². The highest BCUT2D eigenvalue weighted by Gasteiger charge is 2.25. The number of aliphatic carboxylic acids is 1. The van der Waals surface area contributed by atoms with E-state index in [0.29, 0.717) is 18.3 Å². The third-order valence-corrected chi connectivity index (χ3v) is 3.55. The lowest BCUT2D eigenvalue weighted by atomic mass is 9.81. The van der Waals surface area contributed by atoms with Crippen molar-refractivity contribution in [3.8, 4) is 0 Å². The van der Waals surface area contributed by atoms with E-state index >= 15 is 0 Å². The van der Waals surface area contributed by atoms with Gasteiger partial charge in [-0.25, -0.2) is 0 Å². The van der Waals surface area contributed by atoms with Crippen molar-refractivity contribution in [2.24, 2.45) is 11.8 Å². The van der Waals surface area contributed by atoms with E-state index in [9.17, 15) is 4.79 Å². The summed E-state index contributed by atoms with van der Waals surface area (Å²) in [6.45, 7) is 4.32. The van der Waals surface area contributed by atoms with Crippen molar-refractivity contribution in [2.75, 3.05) is 0 Å². The smallest absolute Gasteiger partial charge is 0.303 e. The van der Waals surface area contributed by atoms with Crippen LogP contribution in [0.5, 0.6) is 0 Å². The first-order valence-electron chi connectivity index (χ1n) is 5.52. The van der Waals surface area contributed by atoms with E-state index in [1.54, 1.807) is 0 Å². The molecule has 0 radical (unpaired) electrons. The summed E-state index contributed by atoms with van der Waals surface area (Å²) in [5, 5.41) is 8.60. The van der Waals surface area contributed by atoms with Crippen molar-refractivity contribution in [1.82, 2.24) is 0 Å². The van der Waals surface area contributed by atoms with E-state index in [2.05, 4.69) is 19.9 Å². The molecule has 0 aliphatic heterocycles. The fraction of sp³-hybridized carbons (Fsp3) is 0.750. The molecule has 15 heavy (non-hydrogen) atoms. The molecule has 0 heterocycles. The zero-order chi connectivity index (χ0) is 11.4. The molecule has 3 atom stereocenters. The molecule has 3 unspecified atom stereocenters. The fourth-order valence-corrected chi connectivity index (χ4v) is 2.67. The van der Waals surface area contributed by atoms with Crippen LogP contribution < -0.4 is 0 Å². The van der Waals surface area contributed by atoms with Gasteiger partial charge in [0.15, 0.2) is 0 Å². The van der Waals surface area contributed by atoms with Gasteiger partial charge in [0, 0.05) is 11.8 Å². The van der Waals surface area contributed by atoms with E-state index in [0.717, 1.165) is 12.8 Å². The maximum absolute atomic E-state index is 10.4. The Morgan fingerprint density at radius 2 is 2.40 bits per heavy atom. The summed E-state index contributed by atoms with van der Waals surface area (Å²) in [7, 11) is 0. The monoisotopic (exact) mass is 230 g/mol. The first-order chi connectivity index (χ1) is 6.99. The molecule has 0 fully saturated rings. The van der Waals surface area contributed by atoms with Crippen molar-refractivity contribution in [3.63, 3.8) is 0 Å². The minimum absolute atomic E-state index is 0.00667. The summed E-state index contributed by atoms with van der Waals surface area (Å²) in [6, 6.07) is 0. The lowest BCUT2D eigenvalue weighted by Gasteiger charge is -2.28. The number of halogens is 1. The molecular formula is C12H19ClO2. The molecule has 1 aliphatic carbocycles. The SMILES string of the molecule is CC1=CC(C)CC(C(Cl)CCC(=O)O)C1. The third kappa shape index (κ3) is 4.25. The van der Waals surface area contributed by atoms with Gasteiger partial charge in [-0.3, -0.25) is 4.79 Å². The van der Waals surface area contributed by atoms with Crippen LogP contribution in [0.3, 0.4) is 0 Å². The summed E-state index contributed by atoms with van der Waals surface area (Å²) in [5.41, 5.74) is 1.39. The zero-order valence-electron chi connectivity index (χ0n) is 9.37. The molecule has 0 aromatic rings. The number of hydrogen-bond acceptors (Lipinski definition) is 1. The number of carbonyl (C=O) groups is 1. The molecule has 0 aromatic carbocycles. The van der Waals surface area contributed by atoms with Crippen LogP contribution >= 0.6 is 11.6 Å². The topological polar surface area (TPSA) is 37.3 Å². The number of carboxylic acid groups (broad SMARTS) is 1. The van der Waals surface area contributed by atoms with Crippen LogP contribution in [0.2, 0.25) is 0 Å². The molecule has 0 saturated carbocycles. The Hall–Kier alpha value is -0.500. The second-order valence-electron chi connectivity index (χ2n) is 4.64. The number of alkyl halides is 1. The molecule has 2 nitrogen and oxygen atoms in total. The Morgan fingerprint density at radius 1 is 1.73 bits per heavy atom. The van der Waals surface area contributed by atoms with E-state index in [1.807, 2.05) is 0 Å². The first-order valence-corrected chi connectivity index (χ1v) is 5.96. The summed E-state index contributed by atoms with van der Waals surface area (Å²) in [4.78, 5) is 10.4. The van der Waals surface area contributed by atoms with Crippen LogP contribution in [0.1, 0.15) is 39.5 Å². The highest BCUT2D eigenvalue weighted by molar-refractivity contribution is 6.20. The summed E-state index contributed by atoms with van der Waals surface area (Å²) >= 11 is 6.24. The van der Waals surface area contributed by atoms with E-state index in [1.165, 1.54) is 5.57 Å². The van der Waals surface area contributed by atoms with Gasteiger partial charge in [-0.05, 0) is 38.0 Å². The van der Waals surface area contributed by atoms with Gasteiger partial charge in [0.1, 0.15) is 0 Å². The highest BCUT2D eigenvalue weighted by Crippen LogP contribution is 2.33. The van der Waals surface area contributed by atoms with Crippen LogP contribution in [0.15, 0.2) is 11.6 Å².